The molecule has 170 valence electrons. The van der Waals surface area contributed by atoms with E-state index in [4.69, 9.17) is 16.3 Å². The molecule has 2 aromatic heterocycles. The fourth-order valence-electron chi connectivity index (χ4n) is 4.41. The van der Waals surface area contributed by atoms with Crippen LogP contribution in [0.5, 0.6) is 0 Å². The average molecular weight is 473 g/mol. The number of ether oxygens (including phenoxy) is 1. The van der Waals surface area contributed by atoms with E-state index in [-0.39, 0.29) is 29.9 Å². The van der Waals surface area contributed by atoms with Gasteiger partial charge in [-0.3, -0.25) is 14.3 Å². The van der Waals surface area contributed by atoms with Crippen LogP contribution in [0.25, 0.3) is 21.7 Å². The number of hydrogen-bond acceptors (Lipinski definition) is 4. The number of H-pyrrole nitrogens is 1. The van der Waals surface area contributed by atoms with Crippen LogP contribution in [0, 0.1) is 11.6 Å². The summed E-state index contributed by atoms with van der Waals surface area (Å²) in [6.07, 6.45) is 0. The highest BCUT2D eigenvalue weighted by Gasteiger charge is 2.31. The number of rotatable bonds is 3. The molecule has 1 N–H and O–H groups in total. The first kappa shape index (κ1) is 21.5. The van der Waals surface area contributed by atoms with Gasteiger partial charge in [-0.2, -0.15) is 5.10 Å². The van der Waals surface area contributed by atoms with Crippen molar-refractivity contribution in [3.8, 4) is 0 Å². The molecule has 0 saturated carbocycles. The van der Waals surface area contributed by atoms with E-state index in [1.54, 1.807) is 29.9 Å². The van der Waals surface area contributed by atoms with Crippen LogP contribution in [0.3, 0.4) is 0 Å². The van der Waals surface area contributed by atoms with Crippen molar-refractivity contribution in [1.29, 1.82) is 0 Å². The van der Waals surface area contributed by atoms with Gasteiger partial charge in [-0.1, -0.05) is 11.6 Å². The van der Waals surface area contributed by atoms with Crippen LogP contribution in [-0.4, -0.2) is 39.2 Å². The van der Waals surface area contributed by atoms with Gasteiger partial charge in [0.1, 0.15) is 0 Å². The number of nitrogens with zero attached hydrogens (tertiary/aromatic N) is 3. The highest BCUT2D eigenvalue weighted by Crippen LogP contribution is 2.34. The summed E-state index contributed by atoms with van der Waals surface area (Å²) in [6.45, 7) is 2.80. The minimum atomic E-state index is -1.11. The minimum Gasteiger partial charge on any atom is -0.373 e. The van der Waals surface area contributed by atoms with Gasteiger partial charge in [0.25, 0.3) is 11.5 Å². The Morgan fingerprint density at radius 3 is 2.70 bits per heavy atom. The number of nitrogens with one attached hydrogen (secondary N) is 1. The zero-order chi connectivity index (χ0) is 23.4. The van der Waals surface area contributed by atoms with Gasteiger partial charge in [0, 0.05) is 35.8 Å². The molecule has 1 amide bonds. The lowest BCUT2D eigenvalue weighted by molar-refractivity contribution is 0.0336. The second-order valence-corrected chi connectivity index (χ2v) is 8.30. The molecule has 10 heteroatoms. The number of hydrogen-bond donors (Lipinski definition) is 1. The van der Waals surface area contributed by atoms with E-state index in [9.17, 15) is 18.4 Å². The summed E-state index contributed by atoms with van der Waals surface area (Å²) < 4.78 is 35.3. The van der Waals surface area contributed by atoms with Gasteiger partial charge in [0.2, 0.25) is 0 Å². The smallest absolute Gasteiger partial charge is 0.256 e. The maximum Gasteiger partial charge on any atom is 0.256 e. The quantitative estimate of drug-likeness (QED) is 0.485. The van der Waals surface area contributed by atoms with Crippen LogP contribution >= 0.6 is 11.6 Å². The number of fused-ring (bicyclic) bond motifs is 4. The molecule has 4 aromatic rings. The Morgan fingerprint density at radius 1 is 1.24 bits per heavy atom. The number of carbonyl (C=O) groups is 1. The summed E-state index contributed by atoms with van der Waals surface area (Å²) in [6, 6.07) is 6.40. The zero-order valence-electron chi connectivity index (χ0n) is 17.8. The van der Waals surface area contributed by atoms with Crippen LogP contribution in [0.4, 0.5) is 8.78 Å². The van der Waals surface area contributed by atoms with Gasteiger partial charge >= 0.3 is 0 Å². The van der Waals surface area contributed by atoms with Crippen LogP contribution in [0.15, 0.2) is 35.1 Å². The van der Waals surface area contributed by atoms with E-state index < -0.39 is 23.2 Å². The number of aromatic nitrogens is 3. The lowest BCUT2D eigenvalue weighted by Gasteiger charge is -2.34. The minimum absolute atomic E-state index is 0.0144. The molecule has 1 aliphatic rings. The number of aromatic amines is 1. The van der Waals surface area contributed by atoms with Crippen molar-refractivity contribution >= 4 is 39.2 Å². The summed E-state index contributed by atoms with van der Waals surface area (Å²) in [5.74, 6) is -2.50. The van der Waals surface area contributed by atoms with E-state index in [1.807, 2.05) is 6.92 Å². The molecule has 0 aliphatic carbocycles. The monoisotopic (exact) mass is 472 g/mol. The third kappa shape index (κ3) is 3.39. The Morgan fingerprint density at radius 2 is 1.97 bits per heavy atom. The predicted molar refractivity (Wildman–Crippen MR) is 119 cm³/mol. The van der Waals surface area contributed by atoms with Crippen molar-refractivity contribution in [3.05, 3.63) is 74.3 Å². The number of benzene rings is 2. The summed E-state index contributed by atoms with van der Waals surface area (Å²) in [4.78, 5) is 30.0. The predicted octanol–water partition coefficient (Wildman–Crippen LogP) is 4.17. The maximum atomic E-state index is 14.1. The van der Waals surface area contributed by atoms with Gasteiger partial charge in [0.05, 0.1) is 30.2 Å². The number of carbonyl (C=O) groups excluding carboxylic acids is 1. The molecule has 3 heterocycles. The van der Waals surface area contributed by atoms with Crippen LogP contribution < -0.4 is 5.56 Å². The lowest BCUT2D eigenvalue weighted by atomic mass is 9.95. The summed E-state index contributed by atoms with van der Waals surface area (Å²) >= 11 is 6.26. The summed E-state index contributed by atoms with van der Waals surface area (Å²) in [5, 5.41) is 5.50. The molecule has 0 saturated heterocycles. The van der Waals surface area contributed by atoms with Crippen molar-refractivity contribution in [3.63, 3.8) is 0 Å². The first-order valence-electron chi connectivity index (χ1n) is 10.3. The fourth-order valence-corrected chi connectivity index (χ4v) is 4.65. The number of aryl methyl sites for hydroxylation is 1. The van der Waals surface area contributed by atoms with Crippen LogP contribution in [0.1, 0.15) is 34.6 Å². The number of likely N-dealkylation sites (N-methyl/N-ethyl adjacent to an activating group) is 1. The van der Waals surface area contributed by atoms with Gasteiger partial charge in [-0.05, 0) is 42.6 Å². The van der Waals surface area contributed by atoms with Gasteiger partial charge in [-0.15, -0.1) is 0 Å². The summed E-state index contributed by atoms with van der Waals surface area (Å²) in [7, 11) is 1.60. The number of amides is 1. The Bertz CT molecular complexity index is 1500. The number of halogens is 3. The Labute approximate surface area is 191 Å². The third-order valence-electron chi connectivity index (χ3n) is 6.08. The first-order chi connectivity index (χ1) is 15.8. The molecule has 2 aromatic carbocycles. The van der Waals surface area contributed by atoms with E-state index in [2.05, 4.69) is 10.1 Å². The van der Waals surface area contributed by atoms with E-state index in [0.717, 1.165) is 17.6 Å². The van der Waals surface area contributed by atoms with Crippen LogP contribution in [0.2, 0.25) is 5.15 Å². The molecule has 0 fully saturated rings. The van der Waals surface area contributed by atoms with Crippen molar-refractivity contribution in [2.24, 2.45) is 0 Å². The van der Waals surface area contributed by atoms with Crippen LogP contribution in [-0.2, 0) is 17.9 Å². The van der Waals surface area contributed by atoms with Gasteiger partial charge in [-0.25, -0.2) is 8.78 Å². The van der Waals surface area contributed by atoms with Gasteiger partial charge < -0.3 is 14.6 Å². The van der Waals surface area contributed by atoms with Crippen molar-refractivity contribution in [1.82, 2.24) is 19.7 Å². The lowest BCUT2D eigenvalue weighted by Crippen LogP contribution is -2.37. The third-order valence-corrected chi connectivity index (χ3v) is 6.36. The second-order valence-electron chi connectivity index (χ2n) is 7.94. The largest absolute Gasteiger partial charge is 0.373 e. The fraction of sp³-hybridized carbons (Fsp3) is 0.261. The topological polar surface area (TPSA) is 80.2 Å². The second kappa shape index (κ2) is 7.93. The molecule has 1 unspecified atom stereocenters. The van der Waals surface area contributed by atoms with E-state index in [1.165, 1.54) is 4.90 Å². The Hall–Kier alpha value is -3.30. The molecule has 1 aliphatic heterocycles. The standard InChI is InChI=1S/C23H19ClF2N4O3/c1-3-30-18-5-4-11(6-14(18)21(24)28-30)23(32)29(2)19-10-33-9-17-20(19)12-7-15(25)16(26)8-13(12)22(31)27-17/h4-8,19H,3,9-10H2,1-2H3,(H,27,31). The van der Waals surface area contributed by atoms with Gasteiger partial charge in [0.15, 0.2) is 16.8 Å². The molecule has 33 heavy (non-hydrogen) atoms. The number of pyridine rings is 1. The molecule has 7 nitrogen and oxygen atoms in total. The Kier molecular flexibility index (Phi) is 5.18. The average Bonchev–Trinajstić information content (AvgIpc) is 3.14. The molecule has 1 atom stereocenters. The van der Waals surface area contributed by atoms with E-state index in [0.29, 0.717) is 33.9 Å². The maximum absolute atomic E-state index is 14.1. The highest BCUT2D eigenvalue weighted by molar-refractivity contribution is 6.34. The molecule has 0 radical (unpaired) electrons. The normalized spacial score (nSPS) is 15.7. The summed E-state index contributed by atoms with van der Waals surface area (Å²) in [5.41, 5.74) is 1.62. The molecule has 0 bridgehead atoms. The highest BCUT2D eigenvalue weighted by atomic mass is 35.5. The SMILES string of the molecule is CCn1nc(Cl)c2cc(C(=O)N(C)C3COCc4[nH]c(=O)c5cc(F)c(F)cc5c43)ccc21. The van der Waals surface area contributed by atoms with Crippen molar-refractivity contribution in [2.45, 2.75) is 26.1 Å². The van der Waals surface area contributed by atoms with Crippen molar-refractivity contribution < 1.29 is 18.3 Å². The first-order valence-corrected chi connectivity index (χ1v) is 10.7. The Balaban J connectivity index is 1.60. The van der Waals surface area contributed by atoms with E-state index >= 15 is 0 Å². The molecular weight excluding hydrogens is 454 g/mol. The van der Waals surface area contributed by atoms with Crippen molar-refractivity contribution in [2.75, 3.05) is 13.7 Å². The zero-order valence-corrected chi connectivity index (χ0v) is 18.5. The molecule has 0 spiro atoms. The molecular formula is C23H19ClF2N4O3. The molecule has 5 rings (SSSR count).